The van der Waals surface area contributed by atoms with E-state index in [0.717, 1.165) is 0 Å². The van der Waals surface area contributed by atoms with Gasteiger partial charge in [-0.2, -0.15) is 0 Å². The smallest absolute Gasteiger partial charge is 0.131 e. The Kier molecular flexibility index (Phi) is 2.39. The Balaban J connectivity index is 3.38. The molecule has 0 bridgehead atoms. The van der Waals surface area contributed by atoms with Gasteiger partial charge in [0, 0.05) is 11.1 Å². The van der Waals surface area contributed by atoms with Crippen molar-refractivity contribution in [2.75, 3.05) is 0 Å². The van der Waals surface area contributed by atoms with Crippen LogP contribution < -0.4 is 5.73 Å². The summed E-state index contributed by atoms with van der Waals surface area (Å²) in [6.07, 6.45) is 0. The van der Waals surface area contributed by atoms with E-state index in [1.807, 2.05) is 0 Å². The first-order valence-corrected chi connectivity index (χ1v) is 4.07. The van der Waals surface area contributed by atoms with Gasteiger partial charge in [-0.3, -0.25) is 0 Å². The summed E-state index contributed by atoms with van der Waals surface area (Å²) >= 11 is 0. The van der Waals surface area contributed by atoms with Crippen molar-refractivity contribution >= 4 is 0 Å². The van der Waals surface area contributed by atoms with E-state index in [1.54, 1.807) is 20.8 Å². The van der Waals surface area contributed by atoms with Crippen LogP contribution in [0.15, 0.2) is 12.1 Å². The topological polar surface area (TPSA) is 26.0 Å². The normalized spacial score (nSPS) is 11.8. The molecule has 0 aromatic heterocycles. The van der Waals surface area contributed by atoms with Gasteiger partial charge in [-0.05, 0) is 38.5 Å². The highest BCUT2D eigenvalue weighted by Crippen LogP contribution is 2.24. The lowest BCUT2D eigenvalue weighted by Gasteiger charge is -2.20. The molecule has 0 aliphatic heterocycles. The first kappa shape index (κ1) is 10.1. The molecule has 0 amide bonds. The van der Waals surface area contributed by atoms with Crippen molar-refractivity contribution in [1.82, 2.24) is 0 Å². The maximum Gasteiger partial charge on any atom is 0.131 e. The molecule has 0 aliphatic rings. The molecular weight excluding hydrogens is 172 g/mol. The fraction of sp³-hybridized carbons (Fsp3) is 0.400. The van der Waals surface area contributed by atoms with Crippen molar-refractivity contribution in [2.24, 2.45) is 5.73 Å². The minimum atomic E-state index is -0.984. The van der Waals surface area contributed by atoms with Crippen LogP contribution >= 0.6 is 0 Å². The SMILES string of the molecule is Cc1cc(F)c(C(C)(C)N)c(F)c1. The number of nitrogens with two attached hydrogens (primary N) is 1. The Morgan fingerprint density at radius 1 is 1.15 bits per heavy atom. The Morgan fingerprint density at radius 2 is 1.54 bits per heavy atom. The summed E-state index contributed by atoms with van der Waals surface area (Å²) in [4.78, 5) is 0. The summed E-state index contributed by atoms with van der Waals surface area (Å²) in [6, 6.07) is 2.57. The molecule has 0 saturated carbocycles. The molecule has 0 atom stereocenters. The molecule has 0 aliphatic carbocycles. The van der Waals surface area contributed by atoms with E-state index in [0.29, 0.717) is 5.56 Å². The summed E-state index contributed by atoms with van der Waals surface area (Å²) in [5.41, 5.74) is 5.15. The third-order valence-corrected chi connectivity index (χ3v) is 1.83. The van der Waals surface area contributed by atoms with Crippen LogP contribution in [0.5, 0.6) is 0 Å². The highest BCUT2D eigenvalue weighted by atomic mass is 19.1. The lowest BCUT2D eigenvalue weighted by molar-refractivity contribution is 0.458. The third-order valence-electron chi connectivity index (χ3n) is 1.83. The first-order chi connectivity index (χ1) is 5.82. The van der Waals surface area contributed by atoms with Crippen LogP contribution in [0.25, 0.3) is 0 Å². The second kappa shape index (κ2) is 3.07. The molecule has 0 heterocycles. The predicted molar refractivity (Wildman–Crippen MR) is 48.3 cm³/mol. The van der Waals surface area contributed by atoms with Crippen LogP contribution in [-0.4, -0.2) is 0 Å². The van der Waals surface area contributed by atoms with Gasteiger partial charge in [0.15, 0.2) is 0 Å². The Labute approximate surface area is 76.6 Å². The van der Waals surface area contributed by atoms with Gasteiger partial charge < -0.3 is 5.73 Å². The molecule has 1 nitrogen and oxygen atoms in total. The molecule has 1 aromatic rings. The molecule has 13 heavy (non-hydrogen) atoms. The minimum absolute atomic E-state index is 0.0573. The van der Waals surface area contributed by atoms with E-state index in [1.165, 1.54) is 12.1 Å². The van der Waals surface area contributed by atoms with Gasteiger partial charge in [0.25, 0.3) is 0 Å². The minimum Gasteiger partial charge on any atom is -0.322 e. The lowest BCUT2D eigenvalue weighted by Crippen LogP contribution is -2.31. The number of hydrogen-bond donors (Lipinski definition) is 1. The maximum absolute atomic E-state index is 13.3. The molecule has 0 unspecified atom stereocenters. The molecule has 1 rings (SSSR count). The fourth-order valence-electron chi connectivity index (χ4n) is 1.32. The van der Waals surface area contributed by atoms with E-state index in [2.05, 4.69) is 0 Å². The van der Waals surface area contributed by atoms with Gasteiger partial charge in [0.05, 0.1) is 0 Å². The predicted octanol–water partition coefficient (Wildman–Crippen LogP) is 2.47. The van der Waals surface area contributed by atoms with E-state index < -0.39 is 17.2 Å². The van der Waals surface area contributed by atoms with Gasteiger partial charge in [-0.15, -0.1) is 0 Å². The highest BCUT2D eigenvalue weighted by Gasteiger charge is 2.23. The van der Waals surface area contributed by atoms with Crippen molar-refractivity contribution in [1.29, 1.82) is 0 Å². The Bertz CT molecular complexity index is 303. The average molecular weight is 185 g/mol. The monoisotopic (exact) mass is 185 g/mol. The van der Waals surface area contributed by atoms with Gasteiger partial charge in [0.2, 0.25) is 0 Å². The maximum atomic E-state index is 13.3. The molecule has 0 radical (unpaired) electrons. The molecule has 72 valence electrons. The van der Waals surface area contributed by atoms with Gasteiger partial charge in [0.1, 0.15) is 11.6 Å². The second-order valence-corrected chi connectivity index (χ2v) is 3.83. The number of benzene rings is 1. The number of halogens is 2. The van der Waals surface area contributed by atoms with E-state index in [4.69, 9.17) is 5.73 Å². The van der Waals surface area contributed by atoms with Crippen molar-refractivity contribution < 1.29 is 8.78 Å². The summed E-state index contributed by atoms with van der Waals surface area (Å²) in [5, 5.41) is 0. The third kappa shape index (κ3) is 2.04. The van der Waals surface area contributed by atoms with Gasteiger partial charge >= 0.3 is 0 Å². The zero-order valence-corrected chi connectivity index (χ0v) is 7.99. The van der Waals surface area contributed by atoms with Crippen LogP contribution in [-0.2, 0) is 5.54 Å². The molecule has 0 saturated heterocycles. The summed E-state index contributed by atoms with van der Waals surface area (Å²) in [5.74, 6) is -1.16. The standard InChI is InChI=1S/C10H13F2N/c1-6-4-7(11)9(8(12)5-6)10(2,3)13/h4-5H,13H2,1-3H3. The molecule has 1 aromatic carbocycles. The van der Waals surface area contributed by atoms with Gasteiger partial charge in [-0.25, -0.2) is 8.78 Å². The second-order valence-electron chi connectivity index (χ2n) is 3.83. The summed E-state index contributed by atoms with van der Waals surface area (Å²) in [7, 11) is 0. The van der Waals surface area contributed by atoms with E-state index in [9.17, 15) is 8.78 Å². The highest BCUT2D eigenvalue weighted by molar-refractivity contribution is 5.30. The number of hydrogen-bond acceptors (Lipinski definition) is 1. The summed E-state index contributed by atoms with van der Waals surface area (Å²) in [6.45, 7) is 4.78. The van der Waals surface area contributed by atoms with Crippen LogP contribution in [0.1, 0.15) is 25.0 Å². The lowest BCUT2D eigenvalue weighted by atomic mass is 9.93. The summed E-state index contributed by atoms with van der Waals surface area (Å²) < 4.78 is 26.6. The first-order valence-electron chi connectivity index (χ1n) is 4.07. The Hall–Kier alpha value is -0.960. The zero-order chi connectivity index (χ0) is 10.2. The van der Waals surface area contributed by atoms with Crippen LogP contribution in [0.2, 0.25) is 0 Å². The van der Waals surface area contributed by atoms with Crippen molar-refractivity contribution in [3.63, 3.8) is 0 Å². The average Bonchev–Trinajstić information content (AvgIpc) is 1.78. The fourth-order valence-corrected chi connectivity index (χ4v) is 1.32. The zero-order valence-electron chi connectivity index (χ0n) is 7.99. The van der Waals surface area contributed by atoms with Gasteiger partial charge in [-0.1, -0.05) is 0 Å². The van der Waals surface area contributed by atoms with E-state index in [-0.39, 0.29) is 5.56 Å². The molecule has 3 heteroatoms. The molecule has 0 spiro atoms. The van der Waals surface area contributed by atoms with Crippen molar-refractivity contribution in [3.05, 3.63) is 34.9 Å². The largest absolute Gasteiger partial charge is 0.322 e. The molecule has 2 N–H and O–H groups in total. The number of aryl methyl sites for hydroxylation is 1. The van der Waals surface area contributed by atoms with Crippen molar-refractivity contribution in [2.45, 2.75) is 26.3 Å². The van der Waals surface area contributed by atoms with Crippen molar-refractivity contribution in [3.8, 4) is 0 Å². The van der Waals surface area contributed by atoms with Crippen LogP contribution in [0.3, 0.4) is 0 Å². The number of rotatable bonds is 1. The van der Waals surface area contributed by atoms with Crippen LogP contribution in [0.4, 0.5) is 8.78 Å². The Morgan fingerprint density at radius 3 is 1.85 bits per heavy atom. The molecule has 0 fully saturated rings. The molecular formula is C10H13F2N. The van der Waals surface area contributed by atoms with E-state index >= 15 is 0 Å². The quantitative estimate of drug-likeness (QED) is 0.714. The van der Waals surface area contributed by atoms with Crippen LogP contribution in [0, 0.1) is 18.6 Å².